The van der Waals surface area contributed by atoms with E-state index in [-0.39, 0.29) is 5.43 Å². The highest BCUT2D eigenvalue weighted by Crippen LogP contribution is 2.28. The molecule has 0 amide bonds. The normalized spacial score (nSPS) is 13.3. The first kappa shape index (κ1) is 14.5. The Morgan fingerprint density at radius 2 is 1.95 bits per heavy atom. The summed E-state index contributed by atoms with van der Waals surface area (Å²) in [5, 5.41) is 0.360. The van der Waals surface area contributed by atoms with Gasteiger partial charge in [-0.15, -0.1) is 0 Å². The molecule has 0 bridgehead atoms. The predicted molar refractivity (Wildman–Crippen MR) is 74.5 cm³/mol. The number of fused-ring (bicyclic) bond motifs is 1. The topological polar surface area (TPSA) is 48.0 Å². The Balaban J connectivity index is 2.51. The molecule has 0 spiro atoms. The first-order valence-electron chi connectivity index (χ1n) is 5.75. The van der Waals surface area contributed by atoms with Gasteiger partial charge in [0.15, 0.2) is 5.43 Å². The maximum atomic E-state index is 12.9. The molecule has 1 unspecified atom stereocenters. The van der Waals surface area contributed by atoms with Gasteiger partial charge in [0, 0.05) is 24.2 Å². The van der Waals surface area contributed by atoms with E-state index in [0.29, 0.717) is 10.9 Å². The fourth-order valence-electron chi connectivity index (χ4n) is 1.97. The third kappa shape index (κ3) is 2.82. The number of pyridine rings is 1. The number of halogens is 3. The molecule has 3 nitrogen and oxygen atoms in total. The van der Waals surface area contributed by atoms with Crippen molar-refractivity contribution in [2.45, 2.75) is 12.7 Å². The van der Waals surface area contributed by atoms with Crippen molar-refractivity contribution in [1.29, 1.82) is 0 Å². The van der Waals surface area contributed by atoms with Crippen LogP contribution in [0.4, 0.5) is 13.2 Å². The number of hydrogen-bond acceptors (Lipinski definition) is 2. The molecule has 2 rings (SSSR count). The molecule has 0 radical (unpaired) electrons. The van der Waals surface area contributed by atoms with Crippen LogP contribution >= 0.6 is 12.2 Å². The summed E-state index contributed by atoms with van der Waals surface area (Å²) >= 11 is 4.50. The molecule has 1 atom stereocenters. The van der Waals surface area contributed by atoms with Gasteiger partial charge in [-0.05, 0) is 12.1 Å². The Kier molecular flexibility index (Phi) is 3.80. The number of rotatable bonds is 3. The lowest BCUT2D eigenvalue weighted by Crippen LogP contribution is -2.37. The van der Waals surface area contributed by atoms with Gasteiger partial charge in [-0.25, -0.2) is 0 Å². The first-order valence-corrected chi connectivity index (χ1v) is 6.16. The van der Waals surface area contributed by atoms with Crippen molar-refractivity contribution in [2.24, 2.45) is 11.7 Å². The Morgan fingerprint density at radius 1 is 1.30 bits per heavy atom. The maximum absolute atomic E-state index is 12.9. The van der Waals surface area contributed by atoms with Gasteiger partial charge in [0.1, 0.15) is 5.92 Å². The third-order valence-corrected chi connectivity index (χ3v) is 3.29. The van der Waals surface area contributed by atoms with Crippen LogP contribution in [0.25, 0.3) is 10.9 Å². The quantitative estimate of drug-likeness (QED) is 0.886. The number of nitrogens with two attached hydrogens (primary N) is 1. The van der Waals surface area contributed by atoms with Crippen LogP contribution in [0.1, 0.15) is 0 Å². The molecule has 0 saturated heterocycles. The minimum Gasteiger partial charge on any atom is -0.393 e. The van der Waals surface area contributed by atoms with Gasteiger partial charge >= 0.3 is 6.18 Å². The summed E-state index contributed by atoms with van der Waals surface area (Å²) < 4.78 is 40.0. The highest BCUT2D eigenvalue weighted by Gasteiger charge is 2.41. The van der Waals surface area contributed by atoms with E-state index in [0.717, 1.165) is 0 Å². The molecule has 0 fully saturated rings. The molecule has 106 valence electrons. The summed E-state index contributed by atoms with van der Waals surface area (Å²) in [6, 6.07) is 7.70. The van der Waals surface area contributed by atoms with Crippen LogP contribution in [0.15, 0.2) is 41.3 Å². The highest BCUT2D eigenvalue weighted by molar-refractivity contribution is 7.80. The molecular formula is C13H11F3N2OS. The summed E-state index contributed by atoms with van der Waals surface area (Å²) in [5.41, 5.74) is 5.36. The number of benzene rings is 1. The number of thiocarbonyl (C=S) groups is 1. The van der Waals surface area contributed by atoms with Crippen molar-refractivity contribution in [2.75, 3.05) is 0 Å². The van der Waals surface area contributed by atoms with E-state index in [1.165, 1.54) is 16.8 Å². The number of para-hydroxylation sites is 1. The summed E-state index contributed by atoms with van der Waals surface area (Å²) in [7, 11) is 0. The lowest BCUT2D eigenvalue weighted by Gasteiger charge is -2.21. The van der Waals surface area contributed by atoms with Gasteiger partial charge in [-0.2, -0.15) is 13.2 Å². The molecular weight excluding hydrogens is 289 g/mol. The summed E-state index contributed by atoms with van der Waals surface area (Å²) in [6.45, 7) is -0.445. The second-order valence-electron chi connectivity index (χ2n) is 4.35. The largest absolute Gasteiger partial charge is 0.399 e. The molecule has 0 aliphatic rings. The molecule has 7 heteroatoms. The zero-order chi connectivity index (χ0) is 14.9. The van der Waals surface area contributed by atoms with Gasteiger partial charge in [-0.3, -0.25) is 4.79 Å². The van der Waals surface area contributed by atoms with Crippen LogP contribution < -0.4 is 11.2 Å². The second kappa shape index (κ2) is 5.24. The van der Waals surface area contributed by atoms with Crippen molar-refractivity contribution < 1.29 is 13.2 Å². The van der Waals surface area contributed by atoms with Crippen LogP contribution in [0.3, 0.4) is 0 Å². The van der Waals surface area contributed by atoms with Gasteiger partial charge in [0.2, 0.25) is 0 Å². The first-order chi connectivity index (χ1) is 9.30. The molecule has 0 saturated carbocycles. The van der Waals surface area contributed by atoms with E-state index in [4.69, 9.17) is 5.73 Å². The van der Waals surface area contributed by atoms with Gasteiger partial charge in [0.25, 0.3) is 0 Å². The second-order valence-corrected chi connectivity index (χ2v) is 4.82. The molecule has 2 aromatic rings. The van der Waals surface area contributed by atoms with Crippen molar-refractivity contribution >= 4 is 28.1 Å². The summed E-state index contributed by atoms with van der Waals surface area (Å²) in [6.07, 6.45) is -3.20. The van der Waals surface area contributed by atoms with Crippen LogP contribution in [0.5, 0.6) is 0 Å². The predicted octanol–water partition coefficient (Wildman–Crippen LogP) is 2.47. The van der Waals surface area contributed by atoms with E-state index in [2.05, 4.69) is 12.2 Å². The lowest BCUT2D eigenvalue weighted by molar-refractivity contribution is -0.157. The Bertz CT molecular complexity index is 709. The van der Waals surface area contributed by atoms with E-state index in [1.807, 2.05) is 0 Å². The summed E-state index contributed by atoms with van der Waals surface area (Å²) in [5.74, 6) is -1.93. The van der Waals surface area contributed by atoms with Crippen LogP contribution in [0, 0.1) is 5.92 Å². The van der Waals surface area contributed by atoms with Crippen molar-refractivity contribution in [3.8, 4) is 0 Å². The number of hydrogen-bond donors (Lipinski definition) is 1. The van der Waals surface area contributed by atoms with Crippen LogP contribution in [0.2, 0.25) is 0 Å². The van der Waals surface area contributed by atoms with Crippen molar-refractivity contribution in [3.05, 3.63) is 46.8 Å². The van der Waals surface area contributed by atoms with E-state index < -0.39 is 23.6 Å². The third-order valence-electron chi connectivity index (χ3n) is 3.00. The minimum atomic E-state index is -4.52. The van der Waals surface area contributed by atoms with E-state index in [1.54, 1.807) is 24.3 Å². The van der Waals surface area contributed by atoms with E-state index >= 15 is 0 Å². The zero-order valence-corrected chi connectivity index (χ0v) is 11.0. The molecule has 20 heavy (non-hydrogen) atoms. The highest BCUT2D eigenvalue weighted by atomic mass is 32.1. The molecule has 1 aromatic heterocycles. The zero-order valence-electron chi connectivity index (χ0n) is 10.2. The Hall–Kier alpha value is -1.89. The number of aromatic nitrogens is 1. The smallest absolute Gasteiger partial charge is 0.393 e. The SMILES string of the molecule is NC(=S)C(Cn1ccc(=O)c2ccccc21)C(F)(F)F. The number of nitrogens with zero attached hydrogens (tertiary/aromatic N) is 1. The van der Waals surface area contributed by atoms with Crippen LogP contribution in [-0.2, 0) is 6.54 Å². The van der Waals surface area contributed by atoms with Crippen molar-refractivity contribution in [3.63, 3.8) is 0 Å². The molecule has 1 aromatic carbocycles. The Morgan fingerprint density at radius 3 is 2.55 bits per heavy atom. The van der Waals surface area contributed by atoms with Crippen molar-refractivity contribution in [1.82, 2.24) is 4.57 Å². The van der Waals surface area contributed by atoms with Crippen LogP contribution in [-0.4, -0.2) is 15.7 Å². The molecule has 0 aliphatic heterocycles. The lowest BCUT2D eigenvalue weighted by atomic mass is 10.1. The minimum absolute atomic E-state index is 0.240. The van der Waals surface area contributed by atoms with E-state index in [9.17, 15) is 18.0 Å². The fourth-order valence-corrected chi connectivity index (χ4v) is 2.18. The average molecular weight is 300 g/mol. The monoisotopic (exact) mass is 300 g/mol. The van der Waals surface area contributed by atoms with Gasteiger partial charge < -0.3 is 10.3 Å². The molecule has 2 N–H and O–H groups in total. The Labute approximate surface area is 117 Å². The molecule has 1 heterocycles. The maximum Gasteiger partial charge on any atom is 0.399 e. The average Bonchev–Trinajstić information content (AvgIpc) is 2.36. The fraction of sp³-hybridized carbons (Fsp3) is 0.231. The molecule has 0 aliphatic carbocycles. The summed E-state index contributed by atoms with van der Waals surface area (Å²) in [4.78, 5) is 11.1. The van der Waals surface area contributed by atoms with Gasteiger partial charge in [-0.1, -0.05) is 24.4 Å². The standard InChI is InChI=1S/C13H11F3N2OS/c14-13(15,16)9(12(17)20)7-18-6-5-11(19)8-3-1-2-4-10(8)18/h1-6,9H,7H2,(H2,17,20). The van der Waals surface area contributed by atoms with Gasteiger partial charge in [0.05, 0.1) is 10.5 Å². The number of alkyl halides is 3.